The van der Waals surface area contributed by atoms with Crippen molar-refractivity contribution in [2.75, 3.05) is 5.32 Å². The predicted octanol–water partition coefficient (Wildman–Crippen LogP) is 4.90. The quantitative estimate of drug-likeness (QED) is 0.269. The molecule has 0 aliphatic heterocycles. The molecule has 146 valence electrons. The number of aromatic nitrogens is 1. The van der Waals surface area contributed by atoms with E-state index in [1.807, 2.05) is 36.5 Å². The van der Waals surface area contributed by atoms with Gasteiger partial charge < -0.3 is 9.88 Å². The van der Waals surface area contributed by atoms with Crippen LogP contribution in [0.2, 0.25) is 0 Å². The van der Waals surface area contributed by atoms with E-state index in [1.54, 1.807) is 6.07 Å². The number of hydrogen-bond acceptors (Lipinski definition) is 4. The lowest BCUT2D eigenvalue weighted by atomic mass is 10.1. The van der Waals surface area contributed by atoms with Gasteiger partial charge in [0.25, 0.3) is 11.6 Å². The molecule has 3 aromatic rings. The first-order valence-corrected chi connectivity index (χ1v) is 9.29. The van der Waals surface area contributed by atoms with Gasteiger partial charge in [0.2, 0.25) is 0 Å². The Hall–Kier alpha value is -3.92. The van der Waals surface area contributed by atoms with Crippen LogP contribution in [-0.4, -0.2) is 15.4 Å². The van der Waals surface area contributed by atoms with Crippen LogP contribution in [0.4, 0.5) is 11.4 Å². The lowest BCUT2D eigenvalue weighted by Gasteiger charge is -2.04. The van der Waals surface area contributed by atoms with Gasteiger partial charge in [-0.3, -0.25) is 14.9 Å². The molecule has 0 aliphatic carbocycles. The fraction of sp³-hybridized carbons (Fsp3) is 0.182. The Morgan fingerprint density at radius 2 is 1.97 bits per heavy atom. The van der Waals surface area contributed by atoms with Crippen molar-refractivity contribution in [1.82, 2.24) is 4.57 Å². The Morgan fingerprint density at radius 1 is 1.24 bits per heavy atom. The van der Waals surface area contributed by atoms with Gasteiger partial charge in [-0.2, -0.15) is 5.26 Å². The second-order valence-corrected chi connectivity index (χ2v) is 6.55. The summed E-state index contributed by atoms with van der Waals surface area (Å²) in [6.45, 7) is 2.96. The summed E-state index contributed by atoms with van der Waals surface area (Å²) in [5.74, 6) is -0.688. The molecular weight excluding hydrogens is 368 g/mol. The maximum atomic E-state index is 12.6. The fourth-order valence-electron chi connectivity index (χ4n) is 3.14. The van der Waals surface area contributed by atoms with Gasteiger partial charge in [-0.05, 0) is 24.6 Å². The number of nitro groups is 1. The molecule has 1 amide bonds. The molecule has 0 spiro atoms. The highest BCUT2D eigenvalue weighted by molar-refractivity contribution is 6.11. The zero-order valence-corrected chi connectivity index (χ0v) is 16.0. The summed E-state index contributed by atoms with van der Waals surface area (Å²) >= 11 is 0. The monoisotopic (exact) mass is 388 g/mol. The van der Waals surface area contributed by atoms with Crippen molar-refractivity contribution in [2.45, 2.75) is 26.3 Å². The van der Waals surface area contributed by atoms with Crippen LogP contribution in [0.5, 0.6) is 0 Å². The van der Waals surface area contributed by atoms with E-state index in [4.69, 9.17) is 0 Å². The molecule has 0 fully saturated rings. The standard InChI is InChI=1S/C22H20N4O3/c1-2-3-12-25-15-17(18-8-4-6-10-20(18)25)13-16(14-23)22(27)24-19-9-5-7-11-21(19)26(28)29/h4-11,13,15H,2-3,12H2,1H3,(H,24,27). The third kappa shape index (κ3) is 4.33. The van der Waals surface area contributed by atoms with Gasteiger partial charge in [-0.25, -0.2) is 0 Å². The summed E-state index contributed by atoms with van der Waals surface area (Å²) in [5, 5.41) is 24.1. The number of aryl methyl sites for hydroxylation is 1. The molecule has 0 unspecified atom stereocenters. The van der Waals surface area contributed by atoms with Gasteiger partial charge >= 0.3 is 0 Å². The summed E-state index contributed by atoms with van der Waals surface area (Å²) in [6.07, 6.45) is 5.52. The lowest BCUT2D eigenvalue weighted by molar-refractivity contribution is -0.383. The van der Waals surface area contributed by atoms with E-state index in [0.717, 1.165) is 35.9 Å². The maximum absolute atomic E-state index is 12.6. The number of hydrogen-bond donors (Lipinski definition) is 1. The maximum Gasteiger partial charge on any atom is 0.292 e. The zero-order chi connectivity index (χ0) is 20.8. The minimum absolute atomic E-state index is 0.0500. The number of nitrogens with zero attached hydrogens (tertiary/aromatic N) is 3. The van der Waals surface area contributed by atoms with Crippen molar-refractivity contribution in [3.63, 3.8) is 0 Å². The van der Waals surface area contributed by atoms with Crippen molar-refractivity contribution < 1.29 is 9.72 Å². The molecule has 0 atom stereocenters. The van der Waals surface area contributed by atoms with E-state index in [-0.39, 0.29) is 16.9 Å². The molecule has 1 N–H and O–H groups in total. The van der Waals surface area contributed by atoms with Gasteiger partial charge in [0.1, 0.15) is 17.3 Å². The SMILES string of the molecule is CCCCn1cc(C=C(C#N)C(=O)Nc2ccccc2[N+](=O)[O-])c2ccccc21. The van der Waals surface area contributed by atoms with E-state index >= 15 is 0 Å². The molecule has 7 heteroatoms. The average Bonchev–Trinajstić information content (AvgIpc) is 3.08. The highest BCUT2D eigenvalue weighted by Gasteiger charge is 2.18. The summed E-state index contributed by atoms with van der Waals surface area (Å²) in [5.41, 5.74) is 1.49. The molecule has 2 aromatic carbocycles. The van der Waals surface area contributed by atoms with Gasteiger partial charge in [0.05, 0.1) is 4.92 Å². The summed E-state index contributed by atoms with van der Waals surface area (Å²) in [7, 11) is 0. The van der Waals surface area contributed by atoms with E-state index in [1.165, 1.54) is 24.3 Å². The Morgan fingerprint density at radius 3 is 2.69 bits per heavy atom. The van der Waals surface area contributed by atoms with Gasteiger partial charge in [-0.15, -0.1) is 0 Å². The number of benzene rings is 2. The Balaban J connectivity index is 1.95. The van der Waals surface area contributed by atoms with Crippen LogP contribution in [0.1, 0.15) is 25.3 Å². The summed E-state index contributed by atoms with van der Waals surface area (Å²) in [4.78, 5) is 23.2. The average molecular weight is 388 g/mol. The lowest BCUT2D eigenvalue weighted by Crippen LogP contribution is -2.14. The number of unbranched alkanes of at least 4 members (excludes halogenated alkanes) is 1. The summed E-state index contributed by atoms with van der Waals surface area (Å²) < 4.78 is 2.11. The second kappa shape index (κ2) is 8.85. The highest BCUT2D eigenvalue weighted by atomic mass is 16.6. The summed E-state index contributed by atoms with van der Waals surface area (Å²) in [6, 6.07) is 15.5. The first-order valence-electron chi connectivity index (χ1n) is 9.29. The number of nitro benzene ring substituents is 1. The first-order chi connectivity index (χ1) is 14.0. The van der Waals surface area contributed by atoms with Crippen molar-refractivity contribution in [2.24, 2.45) is 0 Å². The Kier molecular flexibility index (Phi) is 6.05. The smallest absolute Gasteiger partial charge is 0.292 e. The van der Waals surface area contributed by atoms with Gasteiger partial charge in [-0.1, -0.05) is 43.7 Å². The molecule has 1 aromatic heterocycles. The van der Waals surface area contributed by atoms with Crippen molar-refractivity contribution in [3.8, 4) is 6.07 Å². The van der Waals surface area contributed by atoms with Crippen molar-refractivity contribution in [1.29, 1.82) is 5.26 Å². The molecule has 0 aliphatic rings. The third-order valence-corrected chi connectivity index (χ3v) is 4.59. The number of nitrogens with one attached hydrogen (secondary N) is 1. The fourth-order valence-corrected chi connectivity index (χ4v) is 3.14. The van der Waals surface area contributed by atoms with Gasteiger partial charge in [0.15, 0.2) is 0 Å². The number of rotatable bonds is 7. The predicted molar refractivity (Wildman–Crippen MR) is 112 cm³/mol. The molecular formula is C22H20N4O3. The first kappa shape index (κ1) is 19.8. The van der Waals surface area contributed by atoms with Crippen LogP contribution in [-0.2, 0) is 11.3 Å². The number of carbonyl (C=O) groups is 1. The third-order valence-electron chi connectivity index (χ3n) is 4.59. The van der Waals surface area contributed by atoms with E-state index < -0.39 is 10.8 Å². The van der Waals surface area contributed by atoms with Crippen LogP contribution in [0.3, 0.4) is 0 Å². The molecule has 0 saturated heterocycles. The normalized spacial score (nSPS) is 11.2. The van der Waals surface area contributed by atoms with Crippen LogP contribution >= 0.6 is 0 Å². The van der Waals surface area contributed by atoms with E-state index in [0.29, 0.717) is 0 Å². The molecule has 29 heavy (non-hydrogen) atoms. The highest BCUT2D eigenvalue weighted by Crippen LogP contribution is 2.26. The zero-order valence-electron chi connectivity index (χ0n) is 16.0. The number of amides is 1. The van der Waals surface area contributed by atoms with Crippen LogP contribution in [0, 0.1) is 21.4 Å². The Labute approximate surface area is 168 Å². The minimum atomic E-state index is -0.688. The number of fused-ring (bicyclic) bond motifs is 1. The number of anilines is 1. The van der Waals surface area contributed by atoms with Crippen molar-refractivity contribution in [3.05, 3.63) is 76.0 Å². The molecule has 7 nitrogen and oxygen atoms in total. The van der Waals surface area contributed by atoms with Crippen LogP contribution in [0.15, 0.2) is 60.3 Å². The number of carbonyl (C=O) groups excluding carboxylic acids is 1. The van der Waals surface area contributed by atoms with Crippen molar-refractivity contribution >= 4 is 34.3 Å². The van der Waals surface area contributed by atoms with Crippen LogP contribution in [0.25, 0.3) is 17.0 Å². The number of nitriles is 1. The minimum Gasteiger partial charge on any atom is -0.347 e. The largest absolute Gasteiger partial charge is 0.347 e. The van der Waals surface area contributed by atoms with E-state index in [2.05, 4.69) is 16.8 Å². The topological polar surface area (TPSA) is 101 Å². The Bertz CT molecular complexity index is 1140. The molecule has 0 bridgehead atoms. The molecule has 1 heterocycles. The second-order valence-electron chi connectivity index (χ2n) is 6.55. The number of para-hydroxylation sites is 3. The van der Waals surface area contributed by atoms with Gasteiger partial charge in [0, 0.05) is 35.3 Å². The molecule has 0 radical (unpaired) electrons. The van der Waals surface area contributed by atoms with E-state index in [9.17, 15) is 20.2 Å². The van der Waals surface area contributed by atoms with Crippen LogP contribution < -0.4 is 5.32 Å². The molecule has 3 rings (SSSR count). The molecule has 0 saturated carbocycles.